The molecule has 0 atom stereocenters. The summed E-state index contributed by atoms with van der Waals surface area (Å²) < 4.78 is 6.11. The van der Waals surface area contributed by atoms with Crippen LogP contribution in [0.2, 0.25) is 18.1 Å². The van der Waals surface area contributed by atoms with E-state index >= 15 is 0 Å². The summed E-state index contributed by atoms with van der Waals surface area (Å²) in [5.74, 6) is 0.641. The van der Waals surface area contributed by atoms with Gasteiger partial charge in [-0.25, -0.2) is 0 Å². The molecule has 0 spiro atoms. The van der Waals surface area contributed by atoms with Crippen LogP contribution >= 0.6 is 0 Å². The average molecular weight is 244 g/mol. The second-order valence-electron chi connectivity index (χ2n) is 5.68. The molecule has 0 aromatic rings. The van der Waals surface area contributed by atoms with Crippen LogP contribution in [0.5, 0.6) is 0 Å². The maximum absolute atomic E-state index is 8.61. The Balaban J connectivity index is 4.19. The molecule has 0 rings (SSSR count). The summed E-state index contributed by atoms with van der Waals surface area (Å²) in [7, 11) is -1.65. The van der Waals surface area contributed by atoms with Crippen molar-refractivity contribution in [1.29, 1.82) is 0 Å². The zero-order valence-electron chi connectivity index (χ0n) is 11.7. The van der Waals surface area contributed by atoms with Crippen molar-refractivity contribution in [2.24, 2.45) is 5.92 Å². The van der Waals surface area contributed by atoms with Crippen LogP contribution in [-0.2, 0) is 4.43 Å². The highest BCUT2D eigenvalue weighted by atomic mass is 28.4. The van der Waals surface area contributed by atoms with Crippen LogP contribution in [0.4, 0.5) is 0 Å². The Kier molecular flexibility index (Phi) is 6.52. The first kappa shape index (κ1) is 15.9. The zero-order chi connectivity index (χ0) is 12.8. The smallest absolute Gasteiger partial charge is 0.192 e. The maximum atomic E-state index is 8.61. The Bertz CT molecular complexity index is 220. The minimum Gasteiger partial charge on any atom is -0.416 e. The second kappa shape index (κ2) is 6.57. The number of hydrogen-bond acceptors (Lipinski definition) is 2. The van der Waals surface area contributed by atoms with E-state index in [2.05, 4.69) is 40.8 Å². The minimum atomic E-state index is -1.65. The molecule has 0 saturated carbocycles. The molecule has 0 radical (unpaired) electrons. The highest BCUT2D eigenvalue weighted by Crippen LogP contribution is 2.44. The molecule has 96 valence electrons. The lowest BCUT2D eigenvalue weighted by molar-refractivity contribution is 0.271. The van der Waals surface area contributed by atoms with Crippen LogP contribution in [0.15, 0.2) is 12.2 Å². The largest absolute Gasteiger partial charge is 0.416 e. The van der Waals surface area contributed by atoms with E-state index in [0.29, 0.717) is 5.92 Å². The van der Waals surface area contributed by atoms with Crippen molar-refractivity contribution in [2.45, 2.75) is 52.2 Å². The first-order chi connectivity index (χ1) is 7.25. The van der Waals surface area contributed by atoms with Crippen LogP contribution in [0.1, 0.15) is 34.1 Å². The Morgan fingerprint density at radius 3 is 2.25 bits per heavy atom. The molecule has 0 bridgehead atoms. The van der Waals surface area contributed by atoms with E-state index in [1.54, 1.807) is 6.08 Å². The summed E-state index contributed by atoms with van der Waals surface area (Å²) in [6, 6.07) is 0. The van der Waals surface area contributed by atoms with Gasteiger partial charge in [0.2, 0.25) is 0 Å². The third-order valence-corrected chi connectivity index (χ3v) is 8.62. The predicted octanol–water partition coefficient (Wildman–Crippen LogP) is 3.58. The molecular formula is C13H28O2Si. The molecule has 0 heterocycles. The van der Waals surface area contributed by atoms with Crippen LogP contribution in [0.3, 0.4) is 0 Å². The van der Waals surface area contributed by atoms with Gasteiger partial charge in [0, 0.05) is 6.61 Å². The number of aliphatic hydroxyl groups is 1. The van der Waals surface area contributed by atoms with Gasteiger partial charge >= 0.3 is 0 Å². The van der Waals surface area contributed by atoms with E-state index in [4.69, 9.17) is 9.53 Å². The van der Waals surface area contributed by atoms with Gasteiger partial charge in [-0.1, -0.05) is 39.8 Å². The molecule has 2 nitrogen and oxygen atoms in total. The van der Waals surface area contributed by atoms with Gasteiger partial charge < -0.3 is 9.53 Å². The van der Waals surface area contributed by atoms with Crippen LogP contribution in [-0.4, -0.2) is 26.6 Å². The Hall–Kier alpha value is -0.123. The van der Waals surface area contributed by atoms with Crippen molar-refractivity contribution in [2.75, 3.05) is 13.2 Å². The molecule has 0 aliphatic rings. The third-order valence-electron chi connectivity index (χ3n) is 4.01. The van der Waals surface area contributed by atoms with Gasteiger partial charge in [-0.2, -0.15) is 0 Å². The van der Waals surface area contributed by atoms with Gasteiger partial charge in [-0.15, -0.1) is 0 Å². The van der Waals surface area contributed by atoms with Gasteiger partial charge in [0.15, 0.2) is 8.32 Å². The molecule has 0 unspecified atom stereocenters. The monoisotopic (exact) mass is 244 g/mol. The fraction of sp³-hybridized carbons (Fsp3) is 0.846. The highest BCUT2D eigenvalue weighted by molar-refractivity contribution is 6.74. The highest BCUT2D eigenvalue weighted by Gasteiger charge is 2.42. The molecule has 0 aromatic carbocycles. The fourth-order valence-electron chi connectivity index (χ4n) is 1.46. The van der Waals surface area contributed by atoms with Gasteiger partial charge in [0.05, 0.1) is 6.61 Å². The molecule has 3 heteroatoms. The van der Waals surface area contributed by atoms with E-state index in [0.717, 1.165) is 13.0 Å². The van der Waals surface area contributed by atoms with Crippen molar-refractivity contribution in [3.63, 3.8) is 0 Å². The molecular weight excluding hydrogens is 216 g/mol. The molecule has 0 fully saturated rings. The van der Waals surface area contributed by atoms with Crippen LogP contribution < -0.4 is 0 Å². The Labute approximate surface area is 102 Å². The van der Waals surface area contributed by atoms with E-state index in [9.17, 15) is 0 Å². The zero-order valence-corrected chi connectivity index (χ0v) is 12.7. The predicted molar refractivity (Wildman–Crippen MR) is 73.2 cm³/mol. The van der Waals surface area contributed by atoms with Crippen molar-refractivity contribution in [3.8, 4) is 0 Å². The third kappa shape index (κ3) is 4.40. The van der Waals surface area contributed by atoms with E-state index in [-0.39, 0.29) is 11.6 Å². The van der Waals surface area contributed by atoms with Crippen LogP contribution in [0, 0.1) is 5.92 Å². The molecule has 0 amide bonds. The summed E-state index contributed by atoms with van der Waals surface area (Å²) in [6.07, 6.45) is 4.64. The normalized spacial score (nSPS) is 14.0. The lowest BCUT2D eigenvalue weighted by atomic mass is 9.99. The molecule has 0 aliphatic carbocycles. The quantitative estimate of drug-likeness (QED) is 0.421. The van der Waals surface area contributed by atoms with E-state index in [1.165, 1.54) is 0 Å². The maximum Gasteiger partial charge on any atom is 0.192 e. The average Bonchev–Trinajstić information content (AvgIpc) is 2.16. The van der Waals surface area contributed by atoms with E-state index in [1.807, 2.05) is 6.08 Å². The summed E-state index contributed by atoms with van der Waals surface area (Å²) in [6.45, 7) is 14.6. The SMILES string of the molecule is CC(C)C(C)(C)[Si](C)(C)OCCC=CCO. The fourth-order valence-corrected chi connectivity index (χ4v) is 3.85. The summed E-state index contributed by atoms with van der Waals surface area (Å²) in [4.78, 5) is 0. The lowest BCUT2D eigenvalue weighted by Crippen LogP contribution is -2.45. The van der Waals surface area contributed by atoms with Crippen molar-refractivity contribution >= 4 is 8.32 Å². The summed E-state index contributed by atoms with van der Waals surface area (Å²) in [5, 5.41) is 8.89. The number of hydrogen-bond donors (Lipinski definition) is 1. The molecule has 1 N–H and O–H groups in total. The second-order valence-corrected chi connectivity index (χ2v) is 10.3. The van der Waals surface area contributed by atoms with Gasteiger partial charge in [0.1, 0.15) is 0 Å². The summed E-state index contributed by atoms with van der Waals surface area (Å²) >= 11 is 0. The molecule has 0 aromatic heterocycles. The first-order valence-electron chi connectivity index (χ1n) is 6.15. The summed E-state index contributed by atoms with van der Waals surface area (Å²) in [5.41, 5.74) is 0. The van der Waals surface area contributed by atoms with Crippen molar-refractivity contribution in [1.82, 2.24) is 0 Å². The molecule has 16 heavy (non-hydrogen) atoms. The van der Waals surface area contributed by atoms with Gasteiger partial charge in [-0.3, -0.25) is 0 Å². The molecule has 0 saturated heterocycles. The van der Waals surface area contributed by atoms with E-state index < -0.39 is 8.32 Å². The lowest BCUT2D eigenvalue weighted by Gasteiger charge is -2.42. The molecule has 0 aliphatic heterocycles. The number of rotatable bonds is 7. The first-order valence-corrected chi connectivity index (χ1v) is 9.06. The Morgan fingerprint density at radius 2 is 1.81 bits per heavy atom. The van der Waals surface area contributed by atoms with Crippen molar-refractivity contribution < 1.29 is 9.53 Å². The topological polar surface area (TPSA) is 29.5 Å². The Morgan fingerprint density at radius 1 is 1.25 bits per heavy atom. The van der Waals surface area contributed by atoms with Crippen LogP contribution in [0.25, 0.3) is 0 Å². The number of aliphatic hydroxyl groups excluding tert-OH is 1. The standard InChI is InChI=1S/C13H28O2Si/c1-12(2)13(3,4)16(5,6)15-11-9-7-8-10-14/h7-8,12,14H,9-11H2,1-6H3. The minimum absolute atomic E-state index is 0.123. The van der Waals surface area contributed by atoms with Gasteiger partial charge in [-0.05, 0) is 30.5 Å². The van der Waals surface area contributed by atoms with Crippen molar-refractivity contribution in [3.05, 3.63) is 12.2 Å². The van der Waals surface area contributed by atoms with Gasteiger partial charge in [0.25, 0.3) is 0 Å².